The van der Waals surface area contributed by atoms with E-state index in [0.29, 0.717) is 11.4 Å². The molecule has 0 unspecified atom stereocenters. The molecule has 2 aromatic carbocycles. The highest BCUT2D eigenvalue weighted by Gasteiger charge is 2.19. The topological polar surface area (TPSA) is 67.4 Å². The van der Waals surface area contributed by atoms with Gasteiger partial charge in [-0.1, -0.05) is 51.1 Å². The Kier molecular flexibility index (Phi) is 5.80. The normalized spacial score (nSPS) is 10.9. The quantitative estimate of drug-likeness (QED) is 0.810. The van der Waals surface area contributed by atoms with E-state index in [1.165, 1.54) is 7.11 Å². The molecule has 2 aromatic rings. The van der Waals surface area contributed by atoms with Gasteiger partial charge in [-0.25, -0.2) is 0 Å². The third kappa shape index (κ3) is 5.08. The maximum absolute atomic E-state index is 12.2. The molecule has 0 bridgehead atoms. The smallest absolute Gasteiger partial charge is 0.233 e. The molecule has 0 spiro atoms. The average Bonchev–Trinajstić information content (AvgIpc) is 2.54. The Balaban J connectivity index is 2.02. The van der Waals surface area contributed by atoms with Crippen LogP contribution < -0.4 is 15.4 Å². The Hall–Kier alpha value is -2.82. The Morgan fingerprint density at radius 1 is 0.880 bits per heavy atom. The van der Waals surface area contributed by atoms with E-state index in [0.717, 1.165) is 11.3 Å². The maximum atomic E-state index is 12.2. The molecule has 0 aliphatic carbocycles. The van der Waals surface area contributed by atoms with Gasteiger partial charge in [0.1, 0.15) is 12.2 Å². The van der Waals surface area contributed by atoms with Crippen LogP contribution in [-0.2, 0) is 15.0 Å². The van der Waals surface area contributed by atoms with Crippen molar-refractivity contribution in [3.63, 3.8) is 0 Å². The van der Waals surface area contributed by atoms with Crippen molar-refractivity contribution in [2.75, 3.05) is 17.7 Å². The van der Waals surface area contributed by atoms with E-state index in [1.54, 1.807) is 18.2 Å². The van der Waals surface area contributed by atoms with Crippen LogP contribution in [0.4, 0.5) is 11.4 Å². The van der Waals surface area contributed by atoms with Crippen molar-refractivity contribution in [2.24, 2.45) is 0 Å². The molecular formula is C20H24N2O3. The van der Waals surface area contributed by atoms with Crippen molar-refractivity contribution in [2.45, 2.75) is 32.6 Å². The van der Waals surface area contributed by atoms with Gasteiger partial charge in [0.25, 0.3) is 0 Å². The van der Waals surface area contributed by atoms with Crippen LogP contribution in [0, 0.1) is 0 Å². The number of nitrogens with one attached hydrogen (secondary N) is 2. The van der Waals surface area contributed by atoms with E-state index in [4.69, 9.17) is 4.74 Å². The zero-order chi connectivity index (χ0) is 18.4. The summed E-state index contributed by atoms with van der Waals surface area (Å²) in [4.78, 5) is 24.4. The molecule has 0 saturated heterocycles. The van der Waals surface area contributed by atoms with Gasteiger partial charge in [0, 0.05) is 5.69 Å². The number of anilines is 2. The van der Waals surface area contributed by atoms with E-state index in [-0.39, 0.29) is 17.7 Å². The predicted molar refractivity (Wildman–Crippen MR) is 100 cm³/mol. The number of carbonyl (C=O) groups excluding carboxylic acids is 2. The molecule has 5 nitrogen and oxygen atoms in total. The van der Waals surface area contributed by atoms with Crippen LogP contribution in [0.1, 0.15) is 32.8 Å². The summed E-state index contributed by atoms with van der Waals surface area (Å²) >= 11 is 0. The van der Waals surface area contributed by atoms with Gasteiger partial charge in [-0.2, -0.15) is 0 Å². The number of para-hydroxylation sites is 3. The Morgan fingerprint density at radius 3 is 2.00 bits per heavy atom. The fraction of sp³-hybridized carbons (Fsp3) is 0.300. The monoisotopic (exact) mass is 340 g/mol. The molecule has 0 fully saturated rings. The van der Waals surface area contributed by atoms with Gasteiger partial charge in [-0.3, -0.25) is 9.59 Å². The van der Waals surface area contributed by atoms with Crippen LogP contribution in [0.3, 0.4) is 0 Å². The fourth-order valence-corrected chi connectivity index (χ4v) is 2.53. The lowest BCUT2D eigenvalue weighted by atomic mass is 9.86. The summed E-state index contributed by atoms with van der Waals surface area (Å²) in [5.74, 6) is -0.200. The number of methoxy groups -OCH3 is 1. The van der Waals surface area contributed by atoms with E-state index in [1.807, 2.05) is 30.3 Å². The zero-order valence-corrected chi connectivity index (χ0v) is 15.1. The van der Waals surface area contributed by atoms with Gasteiger partial charge in [0.05, 0.1) is 12.8 Å². The zero-order valence-electron chi connectivity index (χ0n) is 15.1. The molecule has 0 aliphatic heterocycles. The summed E-state index contributed by atoms with van der Waals surface area (Å²) in [7, 11) is 1.53. The van der Waals surface area contributed by atoms with Gasteiger partial charge in [0.15, 0.2) is 0 Å². The number of benzene rings is 2. The second-order valence-corrected chi connectivity index (χ2v) is 6.77. The molecule has 132 valence electrons. The summed E-state index contributed by atoms with van der Waals surface area (Å²) in [6.45, 7) is 6.23. The molecule has 0 aromatic heterocycles. The molecule has 0 atom stereocenters. The molecule has 0 heterocycles. The van der Waals surface area contributed by atoms with Crippen LogP contribution in [0.5, 0.6) is 5.75 Å². The van der Waals surface area contributed by atoms with Gasteiger partial charge in [-0.05, 0) is 29.2 Å². The van der Waals surface area contributed by atoms with Crippen molar-refractivity contribution in [1.29, 1.82) is 0 Å². The van der Waals surface area contributed by atoms with Crippen LogP contribution >= 0.6 is 0 Å². The van der Waals surface area contributed by atoms with Crippen molar-refractivity contribution in [3.05, 3.63) is 54.1 Å². The standard InChI is InChI=1S/C20H24N2O3/c1-20(2,3)14-9-5-6-10-15(14)21-18(23)13-19(24)22-16-11-7-8-12-17(16)25-4/h5-12H,13H2,1-4H3,(H,21,23)(H,22,24). The predicted octanol–water partition coefficient (Wildman–Crippen LogP) is 3.96. The van der Waals surface area contributed by atoms with Gasteiger partial charge < -0.3 is 15.4 Å². The molecule has 25 heavy (non-hydrogen) atoms. The molecule has 2 N–H and O–H groups in total. The first-order chi connectivity index (χ1) is 11.8. The fourth-order valence-electron chi connectivity index (χ4n) is 2.53. The number of hydrogen-bond acceptors (Lipinski definition) is 3. The number of ether oxygens (including phenoxy) is 1. The summed E-state index contributed by atoms with van der Waals surface area (Å²) in [5, 5.41) is 5.53. The van der Waals surface area contributed by atoms with Crippen molar-refractivity contribution < 1.29 is 14.3 Å². The van der Waals surface area contributed by atoms with Gasteiger partial charge in [0.2, 0.25) is 11.8 Å². The van der Waals surface area contributed by atoms with E-state index in [9.17, 15) is 9.59 Å². The maximum Gasteiger partial charge on any atom is 0.233 e. The van der Waals surface area contributed by atoms with Crippen molar-refractivity contribution in [1.82, 2.24) is 0 Å². The summed E-state index contributed by atoms with van der Waals surface area (Å²) in [6.07, 6.45) is -0.267. The minimum atomic E-state index is -0.393. The van der Waals surface area contributed by atoms with Crippen LogP contribution in [0.25, 0.3) is 0 Å². The van der Waals surface area contributed by atoms with Crippen molar-refractivity contribution in [3.8, 4) is 5.75 Å². The molecule has 2 rings (SSSR count). The van der Waals surface area contributed by atoms with Crippen LogP contribution in [0.2, 0.25) is 0 Å². The highest BCUT2D eigenvalue weighted by Crippen LogP contribution is 2.29. The number of carbonyl (C=O) groups is 2. The first-order valence-corrected chi connectivity index (χ1v) is 8.13. The second-order valence-electron chi connectivity index (χ2n) is 6.77. The summed E-state index contributed by atoms with van der Waals surface area (Å²) in [6, 6.07) is 14.7. The molecule has 2 amide bonds. The minimum Gasteiger partial charge on any atom is -0.495 e. The second kappa shape index (κ2) is 7.83. The molecule has 0 aliphatic rings. The lowest BCUT2D eigenvalue weighted by Crippen LogP contribution is -2.23. The first-order valence-electron chi connectivity index (χ1n) is 8.13. The average molecular weight is 340 g/mol. The van der Waals surface area contributed by atoms with E-state index < -0.39 is 5.91 Å². The lowest BCUT2D eigenvalue weighted by molar-refractivity contribution is -0.123. The summed E-state index contributed by atoms with van der Waals surface area (Å²) < 4.78 is 5.18. The number of amides is 2. The van der Waals surface area contributed by atoms with Crippen molar-refractivity contribution >= 4 is 23.2 Å². The third-order valence-electron chi connectivity index (χ3n) is 3.71. The minimum absolute atomic E-state index is 0.108. The van der Waals surface area contributed by atoms with E-state index >= 15 is 0 Å². The number of hydrogen-bond donors (Lipinski definition) is 2. The molecule has 0 saturated carbocycles. The lowest BCUT2D eigenvalue weighted by Gasteiger charge is -2.23. The van der Waals surface area contributed by atoms with E-state index in [2.05, 4.69) is 31.4 Å². The molecule has 0 radical (unpaired) electrons. The van der Waals surface area contributed by atoms with Gasteiger partial charge >= 0.3 is 0 Å². The highest BCUT2D eigenvalue weighted by molar-refractivity contribution is 6.08. The molecule has 5 heteroatoms. The Bertz CT molecular complexity index is 764. The highest BCUT2D eigenvalue weighted by atomic mass is 16.5. The first kappa shape index (κ1) is 18.5. The summed E-state index contributed by atoms with van der Waals surface area (Å²) in [5.41, 5.74) is 2.18. The number of rotatable bonds is 5. The Morgan fingerprint density at radius 2 is 1.40 bits per heavy atom. The van der Waals surface area contributed by atoms with Crippen LogP contribution in [-0.4, -0.2) is 18.9 Å². The van der Waals surface area contributed by atoms with Gasteiger partial charge in [-0.15, -0.1) is 0 Å². The molecular weight excluding hydrogens is 316 g/mol. The Labute approximate surface area is 148 Å². The largest absolute Gasteiger partial charge is 0.495 e. The van der Waals surface area contributed by atoms with Crippen LogP contribution in [0.15, 0.2) is 48.5 Å². The SMILES string of the molecule is COc1ccccc1NC(=O)CC(=O)Nc1ccccc1C(C)(C)C. The third-order valence-corrected chi connectivity index (χ3v) is 3.71.